The zero-order valence-electron chi connectivity index (χ0n) is 13.3. The van der Waals surface area contributed by atoms with E-state index in [0.717, 1.165) is 4.57 Å². The quantitative estimate of drug-likeness (QED) is 0.434. The molecule has 11 heteroatoms. The molecule has 2 heterocycles. The molecule has 0 radical (unpaired) electrons. The van der Waals surface area contributed by atoms with E-state index in [4.69, 9.17) is 10.3 Å². The number of alkyl halides is 1. The highest BCUT2D eigenvalue weighted by Crippen LogP contribution is 2.39. The number of halogens is 1. The van der Waals surface area contributed by atoms with Crippen LogP contribution in [0, 0.1) is 0 Å². The van der Waals surface area contributed by atoms with Crippen molar-refractivity contribution in [2.75, 3.05) is 24.6 Å². The maximum absolute atomic E-state index is 14.4. The van der Waals surface area contributed by atoms with Crippen LogP contribution in [-0.4, -0.2) is 57.5 Å². The summed E-state index contributed by atoms with van der Waals surface area (Å²) in [6.45, 7) is 4.15. The van der Waals surface area contributed by atoms with E-state index in [2.05, 4.69) is 15.0 Å². The summed E-state index contributed by atoms with van der Waals surface area (Å²) in [5, 5.41) is 22.4. The van der Waals surface area contributed by atoms with Gasteiger partial charge in [0.25, 0.3) is 0 Å². The average Bonchev–Trinajstić information content (AvgIpc) is 2.82. The monoisotopic (exact) mass is 342 g/mol. The van der Waals surface area contributed by atoms with Crippen LogP contribution in [0.5, 0.6) is 0 Å². The van der Waals surface area contributed by atoms with Gasteiger partial charge in [-0.2, -0.15) is 4.98 Å². The molecule has 1 aliphatic rings. The van der Waals surface area contributed by atoms with Gasteiger partial charge < -0.3 is 19.8 Å². The molecule has 24 heavy (non-hydrogen) atoms. The van der Waals surface area contributed by atoms with Crippen molar-refractivity contribution in [2.45, 2.75) is 38.1 Å². The predicted octanol–water partition coefficient (Wildman–Crippen LogP) is 0.316. The third-order valence-electron chi connectivity index (χ3n) is 3.98. The number of rotatable bonds is 6. The van der Waals surface area contributed by atoms with Gasteiger partial charge in [-0.3, -0.25) is 4.57 Å². The van der Waals surface area contributed by atoms with Gasteiger partial charge in [-0.15, -0.1) is 0 Å². The standard InChI is InChI=1S/C13H19FN6O4/c1-3-19(4-2)8-5-6-20(12(23)16-8)11-9(14)10(22)13(7-21,24-11)17-18-15/h5-6,9-11,21-22H,3-4,7H2,1-2H3/t9-,10-,11+,13?/m0/s1. The molecule has 0 aliphatic carbocycles. The highest BCUT2D eigenvalue weighted by molar-refractivity contribution is 5.36. The number of aliphatic hydroxyl groups is 2. The van der Waals surface area contributed by atoms with E-state index in [1.165, 1.54) is 12.3 Å². The Labute approximate surface area is 136 Å². The minimum absolute atomic E-state index is 0.429. The number of nitrogens with zero attached hydrogens (tertiary/aromatic N) is 6. The Hall–Kier alpha value is -2.20. The molecule has 0 amide bonds. The Morgan fingerprint density at radius 3 is 2.75 bits per heavy atom. The summed E-state index contributed by atoms with van der Waals surface area (Å²) < 4.78 is 20.4. The second-order valence-electron chi connectivity index (χ2n) is 5.24. The molecule has 1 saturated heterocycles. The molecule has 1 aromatic rings. The van der Waals surface area contributed by atoms with Gasteiger partial charge >= 0.3 is 5.69 Å². The lowest BCUT2D eigenvalue weighted by Gasteiger charge is -2.24. The molecular formula is C13H19FN6O4. The number of aliphatic hydroxyl groups excluding tert-OH is 2. The molecule has 0 bridgehead atoms. The summed E-state index contributed by atoms with van der Waals surface area (Å²) in [6, 6.07) is 1.52. The van der Waals surface area contributed by atoms with E-state index < -0.39 is 36.5 Å². The molecule has 10 nitrogen and oxygen atoms in total. The molecule has 2 N–H and O–H groups in total. The molecule has 1 fully saturated rings. The van der Waals surface area contributed by atoms with Crippen molar-refractivity contribution in [1.82, 2.24) is 9.55 Å². The van der Waals surface area contributed by atoms with Crippen LogP contribution >= 0.6 is 0 Å². The summed E-state index contributed by atoms with van der Waals surface area (Å²) in [7, 11) is 0. The van der Waals surface area contributed by atoms with Crippen molar-refractivity contribution >= 4 is 5.82 Å². The molecule has 0 spiro atoms. The van der Waals surface area contributed by atoms with Crippen molar-refractivity contribution in [3.63, 3.8) is 0 Å². The Morgan fingerprint density at radius 2 is 2.25 bits per heavy atom. The first-order valence-electron chi connectivity index (χ1n) is 7.45. The van der Waals surface area contributed by atoms with E-state index >= 15 is 0 Å². The second-order valence-corrected chi connectivity index (χ2v) is 5.24. The number of ether oxygens (including phenoxy) is 1. The fourth-order valence-corrected chi connectivity index (χ4v) is 2.60. The third-order valence-corrected chi connectivity index (χ3v) is 3.98. The number of azide groups is 1. The summed E-state index contributed by atoms with van der Waals surface area (Å²) in [6.07, 6.45) is -4.28. The zero-order valence-corrected chi connectivity index (χ0v) is 13.3. The first-order valence-corrected chi connectivity index (χ1v) is 7.45. The van der Waals surface area contributed by atoms with Crippen molar-refractivity contribution in [1.29, 1.82) is 0 Å². The zero-order chi connectivity index (χ0) is 17.9. The molecular weight excluding hydrogens is 323 g/mol. The van der Waals surface area contributed by atoms with Crippen LogP contribution in [0.2, 0.25) is 0 Å². The molecule has 1 aliphatic heterocycles. The Balaban J connectivity index is 2.39. The van der Waals surface area contributed by atoms with Gasteiger partial charge in [0.15, 0.2) is 12.4 Å². The van der Waals surface area contributed by atoms with E-state index in [0.29, 0.717) is 18.9 Å². The summed E-state index contributed by atoms with van der Waals surface area (Å²) in [5.41, 5.74) is 5.57. The van der Waals surface area contributed by atoms with Crippen LogP contribution in [0.4, 0.5) is 10.2 Å². The van der Waals surface area contributed by atoms with Crippen LogP contribution in [0.25, 0.3) is 10.4 Å². The van der Waals surface area contributed by atoms with Crippen LogP contribution in [0.15, 0.2) is 22.2 Å². The minimum atomic E-state index is -2.18. The smallest absolute Gasteiger partial charge is 0.351 e. The van der Waals surface area contributed by atoms with Gasteiger partial charge in [0.05, 0.1) is 6.61 Å². The van der Waals surface area contributed by atoms with Crippen molar-refractivity contribution < 1.29 is 19.3 Å². The molecule has 2 rings (SSSR count). The molecule has 0 aromatic carbocycles. The van der Waals surface area contributed by atoms with E-state index in [1.54, 1.807) is 0 Å². The third kappa shape index (κ3) is 2.94. The SMILES string of the molecule is CCN(CC)c1ccn([C@@H]2OC(CO)(N=[N+]=[N-])[C@@H](O)[C@@H]2F)c(=O)n1. The highest BCUT2D eigenvalue weighted by atomic mass is 19.1. The maximum Gasteiger partial charge on any atom is 0.351 e. The van der Waals surface area contributed by atoms with Gasteiger partial charge in [0, 0.05) is 24.2 Å². The van der Waals surface area contributed by atoms with Crippen LogP contribution in [0.1, 0.15) is 20.1 Å². The Morgan fingerprint density at radius 1 is 1.58 bits per heavy atom. The number of anilines is 1. The second kappa shape index (κ2) is 7.14. The summed E-state index contributed by atoms with van der Waals surface area (Å²) in [4.78, 5) is 20.4. The number of hydrogen-bond acceptors (Lipinski definition) is 7. The first kappa shape index (κ1) is 18.1. The van der Waals surface area contributed by atoms with Crippen LogP contribution < -0.4 is 10.6 Å². The maximum atomic E-state index is 14.4. The normalized spacial score (nSPS) is 29.3. The van der Waals surface area contributed by atoms with Gasteiger partial charge in [-0.1, -0.05) is 5.11 Å². The molecule has 4 atom stereocenters. The summed E-state index contributed by atoms with van der Waals surface area (Å²) >= 11 is 0. The summed E-state index contributed by atoms with van der Waals surface area (Å²) in [5.74, 6) is 0.429. The average molecular weight is 342 g/mol. The van der Waals surface area contributed by atoms with Crippen LogP contribution in [0.3, 0.4) is 0 Å². The lowest BCUT2D eigenvalue weighted by atomic mass is 10.1. The fourth-order valence-electron chi connectivity index (χ4n) is 2.60. The lowest BCUT2D eigenvalue weighted by Crippen LogP contribution is -2.43. The van der Waals surface area contributed by atoms with Crippen molar-refractivity contribution in [3.8, 4) is 0 Å². The van der Waals surface area contributed by atoms with Gasteiger partial charge in [0.1, 0.15) is 11.9 Å². The number of hydrogen-bond donors (Lipinski definition) is 2. The van der Waals surface area contributed by atoms with Gasteiger partial charge in [-0.05, 0) is 25.4 Å². The lowest BCUT2D eigenvalue weighted by molar-refractivity contribution is -0.124. The highest BCUT2D eigenvalue weighted by Gasteiger charge is 2.56. The van der Waals surface area contributed by atoms with Gasteiger partial charge in [0.2, 0.25) is 5.72 Å². The molecule has 1 aromatic heterocycles. The first-order chi connectivity index (χ1) is 11.4. The number of aromatic nitrogens is 2. The minimum Gasteiger partial charge on any atom is -0.393 e. The van der Waals surface area contributed by atoms with Gasteiger partial charge in [-0.25, -0.2) is 9.18 Å². The molecule has 1 unspecified atom stereocenters. The van der Waals surface area contributed by atoms with Crippen molar-refractivity contribution in [3.05, 3.63) is 33.2 Å². The fraction of sp³-hybridized carbons (Fsp3) is 0.692. The molecule has 0 saturated carbocycles. The van der Waals surface area contributed by atoms with E-state index in [9.17, 15) is 19.4 Å². The topological polar surface area (TPSA) is 137 Å². The van der Waals surface area contributed by atoms with Crippen molar-refractivity contribution in [2.24, 2.45) is 5.11 Å². The van der Waals surface area contributed by atoms with E-state index in [-0.39, 0.29) is 0 Å². The molecule has 132 valence electrons. The Bertz CT molecular complexity index is 689. The van der Waals surface area contributed by atoms with E-state index in [1.807, 2.05) is 18.7 Å². The van der Waals surface area contributed by atoms with Crippen LogP contribution in [-0.2, 0) is 4.74 Å². The Kier molecular flexibility index (Phi) is 5.40. The predicted molar refractivity (Wildman–Crippen MR) is 82.0 cm³/mol. The largest absolute Gasteiger partial charge is 0.393 e.